The molecule has 4 heteroatoms. The second kappa shape index (κ2) is 5.34. The number of piperidine rings is 1. The van der Waals surface area contributed by atoms with Gasteiger partial charge < -0.3 is 10.2 Å². The normalized spacial score (nSPS) is 18.9. The summed E-state index contributed by atoms with van der Waals surface area (Å²) in [5.41, 5.74) is 1.17. The van der Waals surface area contributed by atoms with Gasteiger partial charge in [0.05, 0.1) is 11.9 Å². The van der Waals surface area contributed by atoms with Crippen LogP contribution in [0.3, 0.4) is 0 Å². The van der Waals surface area contributed by atoms with Gasteiger partial charge in [-0.2, -0.15) is 5.10 Å². The van der Waals surface area contributed by atoms with Gasteiger partial charge in [0.1, 0.15) is 0 Å². The van der Waals surface area contributed by atoms with E-state index in [0.29, 0.717) is 6.04 Å². The molecule has 1 fully saturated rings. The Kier molecular flexibility index (Phi) is 3.83. The van der Waals surface area contributed by atoms with Crippen LogP contribution in [-0.2, 0) is 6.54 Å². The molecule has 1 aliphatic rings. The van der Waals surface area contributed by atoms with Crippen molar-refractivity contribution in [3.63, 3.8) is 0 Å². The average molecular weight is 222 g/mol. The first-order valence-corrected chi connectivity index (χ1v) is 6.25. The maximum Gasteiger partial charge on any atom is 0.0728 e. The van der Waals surface area contributed by atoms with E-state index >= 15 is 0 Å². The lowest BCUT2D eigenvalue weighted by Crippen LogP contribution is -2.36. The topological polar surface area (TPSA) is 33.1 Å². The zero-order valence-corrected chi connectivity index (χ0v) is 10.3. The van der Waals surface area contributed by atoms with Crippen LogP contribution in [0.1, 0.15) is 26.2 Å². The summed E-state index contributed by atoms with van der Waals surface area (Å²) in [5.74, 6) is 0. The molecule has 1 aromatic rings. The first kappa shape index (κ1) is 11.5. The highest BCUT2D eigenvalue weighted by atomic mass is 15.3. The molecule has 0 saturated carbocycles. The number of nitrogens with one attached hydrogen (secondary N) is 1. The zero-order valence-electron chi connectivity index (χ0n) is 10.3. The summed E-state index contributed by atoms with van der Waals surface area (Å²) in [6.45, 7) is 5.57. The van der Waals surface area contributed by atoms with Crippen molar-refractivity contribution in [2.24, 2.45) is 0 Å². The number of aromatic nitrogens is 2. The van der Waals surface area contributed by atoms with Gasteiger partial charge in [0, 0.05) is 18.8 Å². The summed E-state index contributed by atoms with van der Waals surface area (Å²) in [6.07, 6.45) is 7.65. The minimum atomic E-state index is 0.621. The summed E-state index contributed by atoms with van der Waals surface area (Å²) in [6, 6.07) is 0.621. The smallest absolute Gasteiger partial charge is 0.0728 e. The number of rotatable bonds is 4. The Morgan fingerprint density at radius 3 is 2.88 bits per heavy atom. The molecule has 16 heavy (non-hydrogen) atoms. The fraction of sp³-hybridized carbons (Fsp3) is 0.750. The van der Waals surface area contributed by atoms with E-state index < -0.39 is 0 Å². The van der Waals surface area contributed by atoms with Crippen LogP contribution in [0.25, 0.3) is 0 Å². The minimum Gasteiger partial charge on any atom is -0.380 e. The molecule has 90 valence electrons. The van der Waals surface area contributed by atoms with E-state index in [1.165, 1.54) is 31.6 Å². The van der Waals surface area contributed by atoms with Crippen LogP contribution < -0.4 is 5.32 Å². The summed E-state index contributed by atoms with van der Waals surface area (Å²) in [7, 11) is 2.19. The highest BCUT2D eigenvalue weighted by Crippen LogP contribution is 2.15. The lowest BCUT2D eigenvalue weighted by atomic mass is 10.1. The number of anilines is 1. The van der Waals surface area contributed by atoms with Crippen LogP contribution in [0.2, 0.25) is 0 Å². The average Bonchev–Trinajstić information content (AvgIpc) is 2.70. The lowest BCUT2D eigenvalue weighted by molar-refractivity contribution is 0.264. The third-order valence-electron chi connectivity index (χ3n) is 3.18. The molecule has 2 rings (SSSR count). The molecule has 0 bridgehead atoms. The van der Waals surface area contributed by atoms with Crippen molar-refractivity contribution in [3.8, 4) is 0 Å². The number of nitrogens with zero attached hydrogens (tertiary/aromatic N) is 3. The fourth-order valence-corrected chi connectivity index (χ4v) is 2.18. The van der Waals surface area contributed by atoms with Crippen molar-refractivity contribution < 1.29 is 0 Å². The Morgan fingerprint density at radius 2 is 2.19 bits per heavy atom. The second-order valence-corrected chi connectivity index (χ2v) is 4.71. The molecule has 0 atom stereocenters. The van der Waals surface area contributed by atoms with Crippen LogP contribution in [-0.4, -0.2) is 40.9 Å². The number of likely N-dealkylation sites (tertiary alicyclic amines) is 1. The van der Waals surface area contributed by atoms with Gasteiger partial charge in [0.2, 0.25) is 0 Å². The Labute approximate surface area is 97.6 Å². The molecule has 0 unspecified atom stereocenters. The number of hydrogen-bond donors (Lipinski definition) is 1. The number of hydrogen-bond acceptors (Lipinski definition) is 3. The molecule has 0 spiro atoms. The number of aryl methyl sites for hydroxylation is 1. The van der Waals surface area contributed by atoms with Crippen molar-refractivity contribution in [2.75, 3.05) is 25.5 Å². The van der Waals surface area contributed by atoms with E-state index in [1.54, 1.807) is 0 Å². The van der Waals surface area contributed by atoms with Gasteiger partial charge in [-0.1, -0.05) is 6.92 Å². The Bertz CT molecular complexity index is 313. The molecule has 2 heterocycles. The first-order chi connectivity index (χ1) is 7.78. The molecule has 0 aromatic carbocycles. The third kappa shape index (κ3) is 2.98. The monoisotopic (exact) mass is 222 g/mol. The van der Waals surface area contributed by atoms with Crippen LogP contribution in [0.15, 0.2) is 12.4 Å². The largest absolute Gasteiger partial charge is 0.380 e. The zero-order chi connectivity index (χ0) is 11.4. The summed E-state index contributed by atoms with van der Waals surface area (Å²) >= 11 is 0. The molecule has 0 aliphatic carbocycles. The van der Waals surface area contributed by atoms with Gasteiger partial charge >= 0.3 is 0 Å². The van der Waals surface area contributed by atoms with Gasteiger partial charge in [0.25, 0.3) is 0 Å². The molecule has 0 radical (unpaired) electrons. The van der Waals surface area contributed by atoms with Gasteiger partial charge in [-0.05, 0) is 39.4 Å². The minimum absolute atomic E-state index is 0.621. The molecular weight excluding hydrogens is 200 g/mol. The van der Waals surface area contributed by atoms with Gasteiger partial charge in [-0.25, -0.2) is 0 Å². The summed E-state index contributed by atoms with van der Waals surface area (Å²) < 4.78 is 2.01. The van der Waals surface area contributed by atoms with E-state index in [1.807, 2.05) is 10.9 Å². The molecular formula is C12H22N4. The highest BCUT2D eigenvalue weighted by Gasteiger charge is 2.16. The van der Waals surface area contributed by atoms with Crippen molar-refractivity contribution in [1.82, 2.24) is 14.7 Å². The van der Waals surface area contributed by atoms with Gasteiger partial charge in [-0.15, -0.1) is 0 Å². The third-order valence-corrected chi connectivity index (χ3v) is 3.18. The standard InChI is InChI=1S/C12H22N4/c1-3-6-16-10-12(9-13-16)14-11-4-7-15(2)8-5-11/h9-11,14H,3-8H2,1-2H3. The molecule has 0 amide bonds. The SMILES string of the molecule is CCCn1cc(NC2CCN(C)CC2)cn1. The Balaban J connectivity index is 1.83. The van der Waals surface area contributed by atoms with Crippen LogP contribution >= 0.6 is 0 Å². The maximum absolute atomic E-state index is 4.33. The van der Waals surface area contributed by atoms with Crippen LogP contribution in [0.5, 0.6) is 0 Å². The highest BCUT2D eigenvalue weighted by molar-refractivity contribution is 5.39. The molecule has 1 N–H and O–H groups in total. The van der Waals surface area contributed by atoms with E-state index in [4.69, 9.17) is 0 Å². The second-order valence-electron chi connectivity index (χ2n) is 4.71. The summed E-state index contributed by atoms with van der Waals surface area (Å²) in [5, 5.41) is 7.90. The van der Waals surface area contributed by atoms with E-state index in [2.05, 4.69) is 35.5 Å². The van der Waals surface area contributed by atoms with E-state index in [0.717, 1.165) is 13.0 Å². The molecule has 1 aromatic heterocycles. The van der Waals surface area contributed by atoms with E-state index in [-0.39, 0.29) is 0 Å². The van der Waals surface area contributed by atoms with E-state index in [9.17, 15) is 0 Å². The quantitative estimate of drug-likeness (QED) is 0.843. The van der Waals surface area contributed by atoms with Crippen molar-refractivity contribution in [2.45, 2.75) is 38.8 Å². The lowest BCUT2D eigenvalue weighted by Gasteiger charge is -2.29. The Hall–Kier alpha value is -1.03. The van der Waals surface area contributed by atoms with Crippen molar-refractivity contribution in [3.05, 3.63) is 12.4 Å². The molecule has 1 saturated heterocycles. The molecule has 4 nitrogen and oxygen atoms in total. The van der Waals surface area contributed by atoms with Crippen molar-refractivity contribution in [1.29, 1.82) is 0 Å². The predicted octanol–water partition coefficient (Wildman–Crippen LogP) is 1.80. The van der Waals surface area contributed by atoms with Gasteiger partial charge in [-0.3, -0.25) is 4.68 Å². The van der Waals surface area contributed by atoms with Crippen LogP contribution in [0.4, 0.5) is 5.69 Å². The predicted molar refractivity (Wildman–Crippen MR) is 66.7 cm³/mol. The van der Waals surface area contributed by atoms with Gasteiger partial charge in [0.15, 0.2) is 0 Å². The summed E-state index contributed by atoms with van der Waals surface area (Å²) in [4.78, 5) is 2.39. The maximum atomic E-state index is 4.33. The fourth-order valence-electron chi connectivity index (χ4n) is 2.18. The van der Waals surface area contributed by atoms with Crippen molar-refractivity contribution >= 4 is 5.69 Å². The Morgan fingerprint density at radius 1 is 1.44 bits per heavy atom. The first-order valence-electron chi connectivity index (χ1n) is 6.25. The molecule has 1 aliphatic heterocycles. The van der Waals surface area contributed by atoms with Crippen LogP contribution in [0, 0.1) is 0 Å².